The van der Waals surface area contributed by atoms with E-state index < -0.39 is 9.84 Å². The fourth-order valence-electron chi connectivity index (χ4n) is 1.96. The van der Waals surface area contributed by atoms with Crippen molar-refractivity contribution in [2.45, 2.75) is 9.79 Å². The Hall–Kier alpha value is -1.37. The molecule has 2 aromatic heterocycles. The highest BCUT2D eigenvalue weighted by molar-refractivity contribution is 9.10. The molecule has 0 fully saturated rings. The third kappa shape index (κ3) is 2.13. The van der Waals surface area contributed by atoms with Crippen molar-refractivity contribution in [3.8, 4) is 0 Å². The summed E-state index contributed by atoms with van der Waals surface area (Å²) < 4.78 is 26.0. The second-order valence-electron chi connectivity index (χ2n) is 4.13. The van der Waals surface area contributed by atoms with E-state index in [1.807, 2.05) is 0 Å². The van der Waals surface area contributed by atoms with Crippen LogP contribution >= 0.6 is 27.5 Å². The number of nitrogens with one attached hydrogen (secondary N) is 1. The van der Waals surface area contributed by atoms with Crippen LogP contribution in [0, 0.1) is 0 Å². The average molecular weight is 372 g/mol. The Kier molecular flexibility index (Phi) is 3.32. The predicted molar refractivity (Wildman–Crippen MR) is 80.7 cm³/mol. The van der Waals surface area contributed by atoms with E-state index in [9.17, 15) is 8.42 Å². The van der Waals surface area contributed by atoms with Crippen molar-refractivity contribution in [2.75, 3.05) is 0 Å². The van der Waals surface area contributed by atoms with Gasteiger partial charge in [0, 0.05) is 22.8 Å². The number of rotatable bonds is 2. The fourth-order valence-corrected chi connectivity index (χ4v) is 4.54. The minimum atomic E-state index is -3.65. The minimum Gasteiger partial charge on any atom is -0.346 e. The molecule has 2 heterocycles. The average Bonchev–Trinajstić information content (AvgIpc) is 2.86. The van der Waals surface area contributed by atoms with Crippen LogP contribution in [0.1, 0.15) is 0 Å². The van der Waals surface area contributed by atoms with E-state index >= 15 is 0 Å². The Morgan fingerprint density at radius 2 is 1.85 bits per heavy atom. The summed E-state index contributed by atoms with van der Waals surface area (Å²) in [4.78, 5) is 7.43. The first kappa shape index (κ1) is 13.6. The summed E-state index contributed by atoms with van der Waals surface area (Å²) in [5, 5.41) is 1.04. The van der Waals surface area contributed by atoms with E-state index in [4.69, 9.17) is 11.6 Å². The lowest BCUT2D eigenvalue weighted by molar-refractivity contribution is 0.596. The Balaban J connectivity index is 2.31. The molecule has 0 bridgehead atoms. The van der Waals surface area contributed by atoms with Gasteiger partial charge in [-0.3, -0.25) is 0 Å². The van der Waals surface area contributed by atoms with Crippen molar-refractivity contribution in [2.24, 2.45) is 0 Å². The molecule has 0 amide bonds. The van der Waals surface area contributed by atoms with Crippen molar-refractivity contribution in [1.29, 1.82) is 0 Å². The molecular formula is C13H8BrClN2O2S. The van der Waals surface area contributed by atoms with Gasteiger partial charge in [0.05, 0.1) is 14.3 Å². The maximum Gasteiger partial charge on any atom is 0.208 e. The lowest BCUT2D eigenvalue weighted by atomic mass is 10.3. The van der Waals surface area contributed by atoms with Crippen molar-refractivity contribution >= 4 is 48.4 Å². The smallest absolute Gasteiger partial charge is 0.208 e. The molecule has 0 spiro atoms. The molecule has 0 saturated heterocycles. The Morgan fingerprint density at radius 1 is 1.15 bits per heavy atom. The highest BCUT2D eigenvalue weighted by Gasteiger charge is 2.24. The zero-order valence-corrected chi connectivity index (χ0v) is 13.1. The molecule has 0 aliphatic heterocycles. The van der Waals surface area contributed by atoms with Gasteiger partial charge in [-0.1, -0.05) is 11.6 Å². The number of H-pyrrole nitrogens is 1. The van der Waals surface area contributed by atoms with E-state index in [-0.39, 0.29) is 9.79 Å². The summed E-state index contributed by atoms with van der Waals surface area (Å²) in [7, 11) is -3.65. The standard InChI is InChI=1S/C13H8BrClN2O2S/c14-11-7-17-13-10(5-6-16-13)12(11)20(18,19)9-3-1-8(15)2-4-9/h1-7H,(H,16,17). The number of nitrogens with zero attached hydrogens (tertiary/aromatic N) is 1. The first-order valence-corrected chi connectivity index (χ1v) is 8.28. The van der Waals surface area contributed by atoms with Crippen LogP contribution in [0.25, 0.3) is 11.0 Å². The van der Waals surface area contributed by atoms with Crippen molar-refractivity contribution in [3.63, 3.8) is 0 Å². The molecule has 4 nitrogen and oxygen atoms in total. The van der Waals surface area contributed by atoms with Crippen LogP contribution in [-0.4, -0.2) is 18.4 Å². The van der Waals surface area contributed by atoms with Crippen LogP contribution in [-0.2, 0) is 9.84 Å². The zero-order valence-electron chi connectivity index (χ0n) is 9.97. The zero-order chi connectivity index (χ0) is 14.3. The van der Waals surface area contributed by atoms with E-state index in [1.165, 1.54) is 18.3 Å². The molecular weight excluding hydrogens is 364 g/mol. The molecule has 1 aromatic carbocycles. The number of benzene rings is 1. The maximum atomic E-state index is 12.8. The first-order chi connectivity index (χ1) is 9.50. The third-order valence-corrected chi connectivity index (χ3v) is 5.87. The number of hydrogen-bond donors (Lipinski definition) is 1. The number of halogens is 2. The van der Waals surface area contributed by atoms with Gasteiger partial charge in [-0.05, 0) is 46.3 Å². The molecule has 0 unspecified atom stereocenters. The number of fused-ring (bicyclic) bond motifs is 1. The highest BCUT2D eigenvalue weighted by Crippen LogP contribution is 2.33. The van der Waals surface area contributed by atoms with Gasteiger partial charge in [-0.2, -0.15) is 0 Å². The molecule has 0 atom stereocenters. The Labute approximate surface area is 128 Å². The predicted octanol–water partition coefficient (Wildman–Crippen LogP) is 3.81. The van der Waals surface area contributed by atoms with Crippen LogP contribution in [0.4, 0.5) is 0 Å². The molecule has 3 rings (SSSR count). The molecule has 0 aliphatic carbocycles. The van der Waals surface area contributed by atoms with Gasteiger partial charge in [0.15, 0.2) is 0 Å². The summed E-state index contributed by atoms with van der Waals surface area (Å²) in [6, 6.07) is 7.78. The Bertz CT molecular complexity index is 888. The van der Waals surface area contributed by atoms with Crippen molar-refractivity contribution in [1.82, 2.24) is 9.97 Å². The quantitative estimate of drug-likeness (QED) is 0.745. The number of aromatic nitrogens is 2. The van der Waals surface area contributed by atoms with Crippen LogP contribution in [0.5, 0.6) is 0 Å². The molecule has 102 valence electrons. The second kappa shape index (κ2) is 4.87. The third-order valence-electron chi connectivity index (χ3n) is 2.89. The van der Waals surface area contributed by atoms with Crippen molar-refractivity contribution in [3.05, 3.63) is 52.2 Å². The number of hydrogen-bond acceptors (Lipinski definition) is 3. The number of sulfone groups is 1. The number of aromatic amines is 1. The van der Waals surface area contributed by atoms with Gasteiger partial charge in [0.1, 0.15) is 5.65 Å². The van der Waals surface area contributed by atoms with E-state index in [0.717, 1.165) is 0 Å². The van der Waals surface area contributed by atoms with E-state index in [2.05, 4.69) is 25.9 Å². The number of pyridine rings is 1. The van der Waals surface area contributed by atoms with Crippen LogP contribution in [0.3, 0.4) is 0 Å². The molecule has 0 saturated carbocycles. The first-order valence-electron chi connectivity index (χ1n) is 5.62. The normalized spacial score (nSPS) is 11.9. The van der Waals surface area contributed by atoms with Gasteiger partial charge < -0.3 is 4.98 Å². The summed E-state index contributed by atoms with van der Waals surface area (Å²) in [5.74, 6) is 0. The molecule has 20 heavy (non-hydrogen) atoms. The monoisotopic (exact) mass is 370 g/mol. The maximum absolute atomic E-state index is 12.8. The minimum absolute atomic E-state index is 0.191. The van der Waals surface area contributed by atoms with E-state index in [1.54, 1.807) is 24.4 Å². The molecule has 3 aromatic rings. The van der Waals surface area contributed by atoms with Gasteiger partial charge in [0.2, 0.25) is 9.84 Å². The van der Waals surface area contributed by atoms with Crippen LogP contribution in [0.15, 0.2) is 57.0 Å². The van der Waals surface area contributed by atoms with Gasteiger partial charge in [-0.15, -0.1) is 0 Å². The highest BCUT2D eigenvalue weighted by atomic mass is 79.9. The molecule has 1 N–H and O–H groups in total. The molecule has 7 heteroatoms. The van der Waals surface area contributed by atoms with Crippen LogP contribution in [0.2, 0.25) is 5.02 Å². The van der Waals surface area contributed by atoms with Gasteiger partial charge >= 0.3 is 0 Å². The Morgan fingerprint density at radius 3 is 2.55 bits per heavy atom. The summed E-state index contributed by atoms with van der Waals surface area (Å²) in [6.07, 6.45) is 3.13. The van der Waals surface area contributed by atoms with Crippen LogP contribution < -0.4 is 0 Å². The topological polar surface area (TPSA) is 62.8 Å². The van der Waals surface area contributed by atoms with Gasteiger partial charge in [0.25, 0.3) is 0 Å². The van der Waals surface area contributed by atoms with E-state index in [0.29, 0.717) is 20.5 Å². The summed E-state index contributed by atoms with van der Waals surface area (Å²) in [5.41, 5.74) is 0.528. The largest absolute Gasteiger partial charge is 0.346 e. The summed E-state index contributed by atoms with van der Waals surface area (Å²) >= 11 is 9.07. The van der Waals surface area contributed by atoms with Gasteiger partial charge in [-0.25, -0.2) is 13.4 Å². The second-order valence-corrected chi connectivity index (χ2v) is 7.31. The molecule has 0 radical (unpaired) electrons. The molecule has 0 aliphatic rings. The lowest BCUT2D eigenvalue weighted by Crippen LogP contribution is -2.04. The SMILES string of the molecule is O=S(=O)(c1ccc(Cl)cc1)c1c(Br)cnc2[nH]ccc12. The lowest BCUT2D eigenvalue weighted by Gasteiger charge is -2.08. The fraction of sp³-hybridized carbons (Fsp3) is 0. The van der Waals surface area contributed by atoms with Crippen molar-refractivity contribution < 1.29 is 8.42 Å². The summed E-state index contributed by atoms with van der Waals surface area (Å²) in [6.45, 7) is 0.